The summed E-state index contributed by atoms with van der Waals surface area (Å²) in [5.74, 6) is 0.447. The number of fused-ring (bicyclic) bond motifs is 1. The first-order chi connectivity index (χ1) is 9.63. The van der Waals surface area contributed by atoms with Crippen LogP contribution in [0.4, 0.5) is 4.39 Å². The van der Waals surface area contributed by atoms with E-state index < -0.39 is 0 Å². The smallest absolute Gasteiger partial charge is 0.147 e. The maximum atomic E-state index is 14.0. The number of amidine groups is 1. The van der Waals surface area contributed by atoms with Crippen molar-refractivity contribution in [2.75, 3.05) is 6.54 Å². The number of hydrogen-bond acceptors (Lipinski definition) is 4. The molecule has 0 spiro atoms. The highest BCUT2D eigenvalue weighted by Gasteiger charge is 2.18. The van der Waals surface area contributed by atoms with Crippen molar-refractivity contribution in [2.45, 2.75) is 19.6 Å². The molecule has 0 unspecified atom stereocenters. The molecule has 104 valence electrons. The highest BCUT2D eigenvalue weighted by atomic mass is 19.1. The van der Waals surface area contributed by atoms with Gasteiger partial charge >= 0.3 is 0 Å². The lowest BCUT2D eigenvalue weighted by molar-refractivity contribution is 0.206. The fourth-order valence-corrected chi connectivity index (χ4v) is 2.34. The van der Waals surface area contributed by atoms with Crippen LogP contribution in [0.2, 0.25) is 0 Å². The van der Waals surface area contributed by atoms with Gasteiger partial charge < -0.3 is 10.3 Å². The molecule has 0 saturated heterocycles. The minimum absolute atomic E-state index is 0.124. The number of aromatic nitrogens is 3. The van der Waals surface area contributed by atoms with Crippen LogP contribution >= 0.6 is 0 Å². The summed E-state index contributed by atoms with van der Waals surface area (Å²) >= 11 is 0. The van der Waals surface area contributed by atoms with Crippen LogP contribution in [0, 0.1) is 11.2 Å². The zero-order valence-corrected chi connectivity index (χ0v) is 10.9. The third-order valence-corrected chi connectivity index (χ3v) is 3.48. The Bertz CT molecular complexity index is 650. The number of benzene rings is 1. The van der Waals surface area contributed by atoms with Gasteiger partial charge in [0.05, 0.1) is 6.54 Å². The van der Waals surface area contributed by atoms with Gasteiger partial charge in [0, 0.05) is 30.8 Å². The van der Waals surface area contributed by atoms with E-state index in [4.69, 9.17) is 11.1 Å². The van der Waals surface area contributed by atoms with E-state index >= 15 is 0 Å². The summed E-state index contributed by atoms with van der Waals surface area (Å²) in [4.78, 5) is 2.12. The Morgan fingerprint density at radius 3 is 3.00 bits per heavy atom. The fourth-order valence-electron chi connectivity index (χ4n) is 2.34. The Kier molecular flexibility index (Phi) is 3.19. The van der Waals surface area contributed by atoms with Crippen LogP contribution in [-0.2, 0) is 19.6 Å². The summed E-state index contributed by atoms with van der Waals surface area (Å²) in [6.07, 6.45) is 1.72. The Hall–Kier alpha value is -2.28. The molecule has 0 atom stereocenters. The average Bonchev–Trinajstić information content (AvgIpc) is 2.88. The molecule has 0 saturated carbocycles. The second kappa shape index (κ2) is 5.01. The molecule has 1 aliphatic heterocycles. The highest BCUT2D eigenvalue weighted by Crippen LogP contribution is 2.16. The monoisotopic (exact) mass is 274 g/mol. The maximum absolute atomic E-state index is 14.0. The van der Waals surface area contributed by atoms with Crippen LogP contribution in [-0.4, -0.2) is 32.0 Å². The minimum atomic E-state index is -0.329. The van der Waals surface area contributed by atoms with Gasteiger partial charge in [0.25, 0.3) is 0 Å². The van der Waals surface area contributed by atoms with Crippen molar-refractivity contribution in [3.05, 3.63) is 47.3 Å². The van der Waals surface area contributed by atoms with Crippen molar-refractivity contribution in [1.82, 2.24) is 19.7 Å². The molecule has 20 heavy (non-hydrogen) atoms. The average molecular weight is 274 g/mol. The molecule has 0 radical (unpaired) electrons. The Labute approximate surface area is 115 Å². The summed E-state index contributed by atoms with van der Waals surface area (Å²) in [6.45, 7) is 2.82. The Balaban J connectivity index is 1.74. The molecule has 1 aromatic carbocycles. The predicted molar refractivity (Wildman–Crippen MR) is 71.6 cm³/mol. The molecule has 1 aliphatic rings. The van der Waals surface area contributed by atoms with E-state index in [1.807, 2.05) is 4.57 Å². The topological polar surface area (TPSA) is 83.8 Å². The third-order valence-electron chi connectivity index (χ3n) is 3.48. The molecule has 7 heteroatoms. The van der Waals surface area contributed by atoms with Crippen LogP contribution in [0.5, 0.6) is 0 Å². The van der Waals surface area contributed by atoms with Crippen molar-refractivity contribution >= 4 is 5.84 Å². The first-order valence-corrected chi connectivity index (χ1v) is 6.35. The molecular formula is C13H15FN6. The van der Waals surface area contributed by atoms with Gasteiger partial charge in [-0.25, -0.2) is 4.39 Å². The van der Waals surface area contributed by atoms with Crippen LogP contribution in [0.15, 0.2) is 24.5 Å². The minimum Gasteiger partial charge on any atom is -0.384 e. The van der Waals surface area contributed by atoms with E-state index in [0.29, 0.717) is 24.2 Å². The highest BCUT2D eigenvalue weighted by molar-refractivity contribution is 5.94. The molecule has 3 rings (SSSR count). The summed E-state index contributed by atoms with van der Waals surface area (Å²) in [7, 11) is 0. The van der Waals surface area contributed by atoms with Gasteiger partial charge in [0.15, 0.2) is 0 Å². The van der Waals surface area contributed by atoms with Crippen LogP contribution < -0.4 is 5.73 Å². The molecule has 0 fully saturated rings. The van der Waals surface area contributed by atoms with Gasteiger partial charge in [0.2, 0.25) is 0 Å². The van der Waals surface area contributed by atoms with Gasteiger partial charge in [-0.2, -0.15) is 0 Å². The number of halogens is 1. The maximum Gasteiger partial charge on any atom is 0.147 e. The SMILES string of the molecule is N=C(N)c1ccc(CN2CCn3cnnc3C2)c(F)c1. The third kappa shape index (κ3) is 2.39. The molecule has 2 aromatic rings. The van der Waals surface area contributed by atoms with Gasteiger partial charge in [-0.15, -0.1) is 10.2 Å². The van der Waals surface area contributed by atoms with E-state index in [1.165, 1.54) is 6.07 Å². The number of rotatable bonds is 3. The lowest BCUT2D eigenvalue weighted by atomic mass is 10.1. The molecule has 6 nitrogen and oxygen atoms in total. The lowest BCUT2D eigenvalue weighted by Crippen LogP contribution is -2.33. The molecule has 0 amide bonds. The predicted octanol–water partition coefficient (Wildman–Crippen LogP) is 0.717. The van der Waals surface area contributed by atoms with E-state index in [2.05, 4.69) is 15.1 Å². The van der Waals surface area contributed by atoms with Crippen LogP contribution in [0.3, 0.4) is 0 Å². The van der Waals surface area contributed by atoms with E-state index in [0.717, 1.165) is 18.9 Å². The van der Waals surface area contributed by atoms with E-state index in [1.54, 1.807) is 18.5 Å². The standard InChI is InChI=1S/C13H15FN6/c14-11-5-9(13(15)16)1-2-10(11)6-19-3-4-20-8-17-18-12(20)7-19/h1-2,5,8H,3-4,6-7H2,(H3,15,16). The van der Waals surface area contributed by atoms with Crippen molar-refractivity contribution in [1.29, 1.82) is 5.41 Å². The summed E-state index contributed by atoms with van der Waals surface area (Å²) < 4.78 is 16.0. The lowest BCUT2D eigenvalue weighted by Gasteiger charge is -2.27. The second-order valence-corrected chi connectivity index (χ2v) is 4.87. The first kappa shape index (κ1) is 12.7. The summed E-state index contributed by atoms with van der Waals surface area (Å²) in [5.41, 5.74) is 6.35. The zero-order chi connectivity index (χ0) is 14.1. The fraction of sp³-hybridized carbons (Fsp3) is 0.308. The van der Waals surface area contributed by atoms with Crippen molar-refractivity contribution < 1.29 is 4.39 Å². The first-order valence-electron chi connectivity index (χ1n) is 6.35. The number of hydrogen-bond donors (Lipinski definition) is 2. The molecule has 0 aliphatic carbocycles. The van der Waals surface area contributed by atoms with Gasteiger partial charge in [-0.05, 0) is 6.07 Å². The van der Waals surface area contributed by atoms with Crippen molar-refractivity contribution in [2.24, 2.45) is 5.73 Å². The Morgan fingerprint density at radius 2 is 2.25 bits per heavy atom. The Morgan fingerprint density at radius 1 is 1.40 bits per heavy atom. The van der Waals surface area contributed by atoms with Crippen molar-refractivity contribution in [3.63, 3.8) is 0 Å². The zero-order valence-electron chi connectivity index (χ0n) is 10.9. The number of nitrogen functional groups attached to an aromatic ring is 1. The second-order valence-electron chi connectivity index (χ2n) is 4.87. The number of nitrogens with one attached hydrogen (secondary N) is 1. The molecule has 1 aromatic heterocycles. The summed E-state index contributed by atoms with van der Waals surface area (Å²) in [6, 6.07) is 4.67. The normalized spacial score (nSPS) is 15.1. The quantitative estimate of drug-likeness (QED) is 0.638. The number of nitrogens with two attached hydrogens (primary N) is 1. The molecule has 2 heterocycles. The summed E-state index contributed by atoms with van der Waals surface area (Å²) in [5, 5.41) is 15.2. The largest absolute Gasteiger partial charge is 0.384 e. The van der Waals surface area contributed by atoms with Crippen LogP contribution in [0.1, 0.15) is 17.0 Å². The van der Waals surface area contributed by atoms with E-state index in [9.17, 15) is 4.39 Å². The van der Waals surface area contributed by atoms with Crippen molar-refractivity contribution in [3.8, 4) is 0 Å². The molecule has 3 N–H and O–H groups in total. The molecular weight excluding hydrogens is 259 g/mol. The van der Waals surface area contributed by atoms with E-state index in [-0.39, 0.29) is 11.7 Å². The van der Waals surface area contributed by atoms with Crippen LogP contribution in [0.25, 0.3) is 0 Å². The van der Waals surface area contributed by atoms with Gasteiger partial charge in [-0.3, -0.25) is 10.3 Å². The van der Waals surface area contributed by atoms with Gasteiger partial charge in [0.1, 0.15) is 23.8 Å². The number of nitrogens with zero attached hydrogens (tertiary/aromatic N) is 4. The van der Waals surface area contributed by atoms with Gasteiger partial charge in [-0.1, -0.05) is 12.1 Å². The molecule has 0 bridgehead atoms.